The fourth-order valence-corrected chi connectivity index (χ4v) is 3.91. The van der Waals surface area contributed by atoms with Crippen molar-refractivity contribution < 1.29 is 17.2 Å². The number of rotatable bonds is 13. The third-order valence-electron chi connectivity index (χ3n) is 5.13. The van der Waals surface area contributed by atoms with E-state index in [0.717, 1.165) is 18.9 Å². The molecule has 0 aromatic rings. The molecule has 1 aliphatic carbocycles. The summed E-state index contributed by atoms with van der Waals surface area (Å²) in [6.07, 6.45) is 16.3. The van der Waals surface area contributed by atoms with E-state index in [1.165, 1.54) is 77.3 Å². The van der Waals surface area contributed by atoms with Crippen LogP contribution in [0.3, 0.4) is 0 Å². The molecule has 26 heavy (non-hydrogen) atoms. The summed E-state index contributed by atoms with van der Waals surface area (Å²) in [7, 11) is -4.23. The molecule has 1 rings (SSSR count). The maximum Gasteiger partial charge on any atom is 0.397 e. The van der Waals surface area contributed by atoms with E-state index in [1.54, 1.807) is 0 Å². The molecule has 1 fully saturated rings. The van der Waals surface area contributed by atoms with Gasteiger partial charge in [0.2, 0.25) is 0 Å². The Morgan fingerprint density at radius 1 is 0.846 bits per heavy atom. The second-order valence-electron chi connectivity index (χ2n) is 7.24. The highest BCUT2D eigenvalue weighted by Crippen LogP contribution is 2.21. The lowest BCUT2D eigenvalue weighted by molar-refractivity contribution is 0.172. The van der Waals surface area contributed by atoms with Gasteiger partial charge < -0.3 is 4.90 Å². The lowest BCUT2D eigenvalue weighted by Crippen LogP contribution is -2.36. The second kappa shape index (κ2) is 17.0. The average molecular weight is 394 g/mol. The predicted octanol–water partition coefficient (Wildman–Crippen LogP) is 5.61. The quantitative estimate of drug-likeness (QED) is 0.325. The minimum atomic E-state index is -4.23. The van der Waals surface area contributed by atoms with Gasteiger partial charge in [0.05, 0.1) is 6.61 Å². The first-order valence-corrected chi connectivity index (χ1v) is 12.2. The van der Waals surface area contributed by atoms with Crippen LogP contribution >= 0.6 is 0 Å². The molecule has 0 atom stereocenters. The standard InChI is InChI=1S/C10H21N.C10H22O4S/c1-3-11(4-2)10-8-6-5-7-9-10;1-2-3-4-5-6-7-8-9-10-14-15(11,12)13/h10H,3-9H2,1-2H3;2-10H2,1H3,(H,11,12,13). The lowest BCUT2D eigenvalue weighted by atomic mass is 9.94. The lowest BCUT2D eigenvalue weighted by Gasteiger charge is -2.32. The first-order chi connectivity index (χ1) is 12.4. The summed E-state index contributed by atoms with van der Waals surface area (Å²) < 4.78 is 32.8. The smallest absolute Gasteiger partial charge is 0.301 e. The highest BCUT2D eigenvalue weighted by Gasteiger charge is 2.17. The van der Waals surface area contributed by atoms with Crippen molar-refractivity contribution in [1.82, 2.24) is 4.90 Å². The van der Waals surface area contributed by atoms with Crippen molar-refractivity contribution >= 4 is 10.4 Å². The zero-order valence-corrected chi connectivity index (χ0v) is 18.2. The van der Waals surface area contributed by atoms with Gasteiger partial charge in [0, 0.05) is 6.04 Å². The molecule has 0 bridgehead atoms. The van der Waals surface area contributed by atoms with Gasteiger partial charge in [0.25, 0.3) is 0 Å². The maximum atomic E-state index is 10.2. The summed E-state index contributed by atoms with van der Waals surface area (Å²) >= 11 is 0. The van der Waals surface area contributed by atoms with Crippen molar-refractivity contribution in [2.45, 2.75) is 110 Å². The van der Waals surface area contributed by atoms with Crippen LogP contribution in [0, 0.1) is 0 Å². The number of hydrogen-bond acceptors (Lipinski definition) is 4. The summed E-state index contributed by atoms with van der Waals surface area (Å²) in [5.41, 5.74) is 0. The average Bonchev–Trinajstić information content (AvgIpc) is 2.62. The van der Waals surface area contributed by atoms with Gasteiger partial charge in [0.1, 0.15) is 0 Å². The van der Waals surface area contributed by atoms with Gasteiger partial charge in [-0.1, -0.05) is 85.0 Å². The first-order valence-electron chi connectivity index (χ1n) is 10.8. The Morgan fingerprint density at radius 3 is 1.81 bits per heavy atom. The van der Waals surface area contributed by atoms with E-state index in [1.807, 2.05) is 0 Å². The van der Waals surface area contributed by atoms with Crippen molar-refractivity contribution in [2.75, 3.05) is 19.7 Å². The largest absolute Gasteiger partial charge is 0.397 e. The topological polar surface area (TPSA) is 66.8 Å². The monoisotopic (exact) mass is 393 g/mol. The Kier molecular flexibility index (Phi) is 16.9. The molecule has 0 amide bonds. The minimum absolute atomic E-state index is 0.0911. The Morgan fingerprint density at radius 2 is 1.35 bits per heavy atom. The van der Waals surface area contributed by atoms with Crippen LogP contribution < -0.4 is 0 Å². The third-order valence-corrected chi connectivity index (χ3v) is 5.60. The molecule has 1 saturated carbocycles. The van der Waals surface area contributed by atoms with Crippen molar-refractivity contribution in [3.8, 4) is 0 Å². The van der Waals surface area contributed by atoms with Crippen molar-refractivity contribution in [2.24, 2.45) is 0 Å². The molecule has 0 aromatic heterocycles. The van der Waals surface area contributed by atoms with Gasteiger partial charge in [-0.15, -0.1) is 0 Å². The first kappa shape index (κ1) is 25.8. The molecule has 0 unspecified atom stereocenters. The van der Waals surface area contributed by atoms with E-state index >= 15 is 0 Å². The normalized spacial score (nSPS) is 15.7. The highest BCUT2D eigenvalue weighted by molar-refractivity contribution is 7.80. The van der Waals surface area contributed by atoms with Crippen LogP contribution in [0.15, 0.2) is 0 Å². The zero-order chi connectivity index (χ0) is 19.7. The van der Waals surface area contributed by atoms with Crippen LogP contribution in [0.4, 0.5) is 0 Å². The third kappa shape index (κ3) is 16.0. The van der Waals surface area contributed by atoms with E-state index in [9.17, 15) is 8.42 Å². The molecule has 158 valence electrons. The van der Waals surface area contributed by atoms with Gasteiger partial charge in [-0.2, -0.15) is 8.42 Å². The van der Waals surface area contributed by atoms with Crippen molar-refractivity contribution in [3.63, 3.8) is 0 Å². The van der Waals surface area contributed by atoms with Crippen LogP contribution in [0.25, 0.3) is 0 Å². The molecule has 0 aromatic carbocycles. The van der Waals surface area contributed by atoms with Crippen LogP contribution in [-0.4, -0.2) is 43.6 Å². The molecule has 1 N–H and O–H groups in total. The fraction of sp³-hybridized carbons (Fsp3) is 1.00. The molecule has 0 heterocycles. The predicted molar refractivity (Wildman–Crippen MR) is 110 cm³/mol. The Hall–Kier alpha value is -0.170. The van der Waals surface area contributed by atoms with Gasteiger partial charge in [-0.05, 0) is 32.4 Å². The minimum Gasteiger partial charge on any atom is -0.301 e. The molecule has 5 nitrogen and oxygen atoms in total. The van der Waals surface area contributed by atoms with E-state index in [4.69, 9.17) is 4.55 Å². The van der Waals surface area contributed by atoms with Crippen LogP contribution in [0.5, 0.6) is 0 Å². The molecule has 6 heteroatoms. The van der Waals surface area contributed by atoms with Gasteiger partial charge in [-0.3, -0.25) is 4.55 Å². The summed E-state index contributed by atoms with van der Waals surface area (Å²) in [4.78, 5) is 2.61. The second-order valence-corrected chi connectivity index (χ2v) is 8.33. The fourth-order valence-electron chi connectivity index (χ4n) is 3.59. The van der Waals surface area contributed by atoms with Gasteiger partial charge in [-0.25, -0.2) is 4.18 Å². The van der Waals surface area contributed by atoms with E-state index in [2.05, 4.69) is 29.9 Å². The summed E-state index contributed by atoms with van der Waals surface area (Å²) in [6, 6.07) is 0.916. The summed E-state index contributed by atoms with van der Waals surface area (Å²) in [5.74, 6) is 0. The van der Waals surface area contributed by atoms with E-state index < -0.39 is 10.4 Å². The molecule has 0 aliphatic heterocycles. The van der Waals surface area contributed by atoms with Gasteiger partial charge in [0.15, 0.2) is 0 Å². The van der Waals surface area contributed by atoms with Crippen LogP contribution in [0.2, 0.25) is 0 Å². The highest BCUT2D eigenvalue weighted by atomic mass is 32.3. The molecular formula is C20H43NO4S. The Bertz CT molecular complexity index is 391. The maximum absolute atomic E-state index is 10.2. The van der Waals surface area contributed by atoms with Crippen LogP contribution in [-0.2, 0) is 14.6 Å². The molecular weight excluding hydrogens is 350 g/mol. The van der Waals surface area contributed by atoms with Crippen molar-refractivity contribution in [3.05, 3.63) is 0 Å². The number of nitrogens with zero attached hydrogens (tertiary/aromatic N) is 1. The number of hydrogen-bond donors (Lipinski definition) is 1. The Labute approximate surface area is 162 Å². The van der Waals surface area contributed by atoms with E-state index in [-0.39, 0.29) is 6.61 Å². The van der Waals surface area contributed by atoms with Crippen LogP contribution in [0.1, 0.15) is 104 Å². The van der Waals surface area contributed by atoms with Crippen molar-refractivity contribution in [1.29, 1.82) is 0 Å². The Balaban J connectivity index is 0.000000502. The zero-order valence-electron chi connectivity index (χ0n) is 17.4. The number of unbranched alkanes of at least 4 members (excludes halogenated alkanes) is 7. The molecule has 0 saturated heterocycles. The van der Waals surface area contributed by atoms with Gasteiger partial charge >= 0.3 is 10.4 Å². The summed E-state index contributed by atoms with van der Waals surface area (Å²) in [6.45, 7) is 9.30. The molecule has 1 aliphatic rings. The summed E-state index contributed by atoms with van der Waals surface area (Å²) in [5, 5.41) is 0. The van der Waals surface area contributed by atoms with E-state index in [0.29, 0.717) is 6.42 Å². The molecule has 0 spiro atoms. The molecule has 0 radical (unpaired) electrons. The SMILES string of the molecule is CCCCCCCCCCOS(=O)(=O)O.CCN(CC)C1CCCCC1.